The molecule has 2 aromatic heterocycles. The first-order chi connectivity index (χ1) is 16.7. The standard InChI is InChI=1S/C28H35N4O2Si/c1-20-12-14-22(19-34-35(28(3,4)5)23-10-7-6-8-11-23)32(18-20)27(33)25-24(15-13-21(2)31-25)26-29-16-9-17-30-26/h6-11,13,15-17,20,22H,12,14,18-19H2,1-5H3. The molecule has 1 aromatic carbocycles. The summed E-state index contributed by atoms with van der Waals surface area (Å²) >= 11 is 0. The van der Waals surface area contributed by atoms with E-state index in [2.05, 4.69) is 66.9 Å². The number of nitrogens with zero attached hydrogens (tertiary/aromatic N) is 4. The summed E-state index contributed by atoms with van der Waals surface area (Å²) in [5, 5.41) is 1.29. The van der Waals surface area contributed by atoms with E-state index >= 15 is 0 Å². The summed E-state index contributed by atoms with van der Waals surface area (Å²) in [6, 6.07) is 16.1. The number of aryl methyl sites for hydroxylation is 1. The lowest BCUT2D eigenvalue weighted by atomic mass is 9.94. The number of hydrogen-bond donors (Lipinski definition) is 0. The van der Waals surface area contributed by atoms with Crippen molar-refractivity contribution < 1.29 is 9.22 Å². The van der Waals surface area contributed by atoms with Crippen LogP contribution < -0.4 is 5.19 Å². The summed E-state index contributed by atoms with van der Waals surface area (Å²) in [5.74, 6) is 0.877. The van der Waals surface area contributed by atoms with Crippen LogP contribution in [-0.2, 0) is 4.43 Å². The molecule has 1 amide bonds. The molecule has 2 atom stereocenters. The van der Waals surface area contributed by atoms with E-state index < -0.39 is 9.04 Å². The van der Waals surface area contributed by atoms with Gasteiger partial charge in [-0.25, -0.2) is 15.0 Å². The topological polar surface area (TPSA) is 68.2 Å². The van der Waals surface area contributed by atoms with E-state index in [1.165, 1.54) is 5.19 Å². The zero-order valence-electron chi connectivity index (χ0n) is 21.4. The number of carbonyl (C=O) groups excluding carboxylic acids is 1. The zero-order valence-corrected chi connectivity index (χ0v) is 22.4. The lowest BCUT2D eigenvalue weighted by molar-refractivity contribution is 0.0439. The van der Waals surface area contributed by atoms with Gasteiger partial charge < -0.3 is 9.33 Å². The third-order valence-corrected chi connectivity index (χ3v) is 9.06. The Morgan fingerprint density at radius 3 is 2.46 bits per heavy atom. The van der Waals surface area contributed by atoms with Crippen LogP contribution in [0.1, 0.15) is 56.7 Å². The van der Waals surface area contributed by atoms with Crippen LogP contribution in [0.15, 0.2) is 60.9 Å². The van der Waals surface area contributed by atoms with Gasteiger partial charge in [0.1, 0.15) is 5.69 Å². The fourth-order valence-electron chi connectivity index (χ4n) is 4.61. The van der Waals surface area contributed by atoms with Crippen molar-refractivity contribution in [3.05, 3.63) is 72.3 Å². The maximum Gasteiger partial charge on any atom is 0.273 e. The Bertz CT molecular complexity index is 1130. The molecule has 0 aliphatic carbocycles. The van der Waals surface area contributed by atoms with Crippen molar-refractivity contribution in [1.29, 1.82) is 0 Å². The minimum Gasteiger partial charge on any atom is -0.409 e. The molecule has 7 heteroatoms. The Hall–Kier alpha value is -2.90. The van der Waals surface area contributed by atoms with Gasteiger partial charge in [-0.1, -0.05) is 58.0 Å². The first-order valence-electron chi connectivity index (χ1n) is 12.4. The Morgan fingerprint density at radius 1 is 1.06 bits per heavy atom. The molecule has 1 saturated heterocycles. The lowest BCUT2D eigenvalue weighted by Gasteiger charge is -2.40. The number of rotatable bonds is 6. The van der Waals surface area contributed by atoms with Gasteiger partial charge in [-0.05, 0) is 54.1 Å². The van der Waals surface area contributed by atoms with Gasteiger partial charge in [0.2, 0.25) is 0 Å². The molecule has 1 fully saturated rings. The Balaban J connectivity index is 1.61. The Morgan fingerprint density at radius 2 is 1.77 bits per heavy atom. The van der Waals surface area contributed by atoms with Crippen LogP contribution in [0.25, 0.3) is 11.4 Å². The molecule has 3 aromatic rings. The van der Waals surface area contributed by atoms with E-state index in [0.717, 1.165) is 18.5 Å². The highest BCUT2D eigenvalue weighted by molar-refractivity contribution is 6.70. The van der Waals surface area contributed by atoms with Crippen molar-refractivity contribution in [1.82, 2.24) is 19.9 Å². The minimum absolute atomic E-state index is 0.0108. The third-order valence-electron chi connectivity index (χ3n) is 6.38. The van der Waals surface area contributed by atoms with Gasteiger partial charge in [-0.15, -0.1) is 0 Å². The van der Waals surface area contributed by atoms with Gasteiger partial charge in [0.25, 0.3) is 14.9 Å². The smallest absolute Gasteiger partial charge is 0.273 e. The second kappa shape index (κ2) is 10.8. The quantitative estimate of drug-likeness (QED) is 0.467. The van der Waals surface area contributed by atoms with Crippen LogP contribution in [0.2, 0.25) is 5.04 Å². The molecule has 0 bridgehead atoms. The molecule has 1 radical (unpaired) electrons. The second-order valence-corrected chi connectivity index (χ2v) is 13.5. The molecule has 1 aliphatic rings. The highest BCUT2D eigenvalue weighted by atomic mass is 28.3. The normalized spacial score (nSPS) is 18.6. The van der Waals surface area contributed by atoms with Crippen LogP contribution in [-0.4, -0.2) is 54.0 Å². The van der Waals surface area contributed by atoms with Crippen molar-refractivity contribution in [2.45, 2.75) is 58.5 Å². The summed E-state index contributed by atoms with van der Waals surface area (Å²) in [5.41, 5.74) is 1.88. The molecule has 1 aliphatic heterocycles. The molecule has 0 spiro atoms. The summed E-state index contributed by atoms with van der Waals surface area (Å²) < 4.78 is 6.69. The highest BCUT2D eigenvalue weighted by Gasteiger charge is 2.36. The van der Waals surface area contributed by atoms with Gasteiger partial charge in [0.05, 0.1) is 18.2 Å². The van der Waals surface area contributed by atoms with Crippen molar-refractivity contribution in [3.8, 4) is 11.4 Å². The summed E-state index contributed by atoms with van der Waals surface area (Å²) in [4.78, 5) is 29.4. The number of benzene rings is 1. The summed E-state index contributed by atoms with van der Waals surface area (Å²) in [6.45, 7) is 12.1. The molecule has 3 heterocycles. The molecule has 0 N–H and O–H groups in total. The lowest BCUT2D eigenvalue weighted by Crippen LogP contribution is -2.51. The van der Waals surface area contributed by atoms with E-state index in [4.69, 9.17) is 4.43 Å². The van der Waals surface area contributed by atoms with Gasteiger partial charge in [0, 0.05) is 24.6 Å². The predicted octanol–water partition coefficient (Wildman–Crippen LogP) is 4.80. The largest absolute Gasteiger partial charge is 0.409 e. The van der Waals surface area contributed by atoms with E-state index in [9.17, 15) is 4.79 Å². The van der Waals surface area contributed by atoms with Crippen LogP contribution >= 0.6 is 0 Å². The molecule has 35 heavy (non-hydrogen) atoms. The average molecular weight is 488 g/mol. The van der Waals surface area contributed by atoms with Crippen LogP contribution in [0.4, 0.5) is 0 Å². The van der Waals surface area contributed by atoms with E-state index in [-0.39, 0.29) is 17.0 Å². The first kappa shape index (κ1) is 25.2. The second-order valence-electron chi connectivity index (χ2n) is 10.5. The van der Waals surface area contributed by atoms with E-state index in [1.807, 2.05) is 30.0 Å². The minimum atomic E-state index is -1.29. The molecule has 4 rings (SSSR count). The summed E-state index contributed by atoms with van der Waals surface area (Å²) in [6.07, 6.45) is 5.38. The molecular formula is C28H35N4O2Si. The third kappa shape index (κ3) is 6.03. The maximum absolute atomic E-state index is 14.0. The summed E-state index contributed by atoms with van der Waals surface area (Å²) in [7, 11) is -1.29. The number of amides is 1. The van der Waals surface area contributed by atoms with Gasteiger partial charge in [0.15, 0.2) is 5.82 Å². The number of pyridine rings is 1. The number of piperidine rings is 1. The molecule has 2 unspecified atom stereocenters. The zero-order chi connectivity index (χ0) is 25.0. The maximum atomic E-state index is 14.0. The van der Waals surface area contributed by atoms with E-state index in [0.29, 0.717) is 36.2 Å². The van der Waals surface area contributed by atoms with Crippen LogP contribution in [0.5, 0.6) is 0 Å². The fraction of sp³-hybridized carbons (Fsp3) is 0.429. The number of aromatic nitrogens is 3. The number of hydrogen-bond acceptors (Lipinski definition) is 5. The number of carbonyl (C=O) groups is 1. The van der Waals surface area contributed by atoms with E-state index in [1.54, 1.807) is 18.5 Å². The van der Waals surface area contributed by atoms with Crippen molar-refractivity contribution in [2.75, 3.05) is 13.2 Å². The van der Waals surface area contributed by atoms with Crippen molar-refractivity contribution in [3.63, 3.8) is 0 Å². The van der Waals surface area contributed by atoms with Crippen LogP contribution in [0.3, 0.4) is 0 Å². The van der Waals surface area contributed by atoms with Crippen LogP contribution in [0, 0.1) is 12.8 Å². The van der Waals surface area contributed by atoms with Gasteiger partial charge >= 0.3 is 0 Å². The first-order valence-corrected chi connectivity index (χ1v) is 13.8. The fourth-order valence-corrected chi connectivity index (χ4v) is 6.93. The molecule has 6 nitrogen and oxygen atoms in total. The monoisotopic (exact) mass is 487 g/mol. The van der Waals surface area contributed by atoms with Crippen molar-refractivity contribution in [2.24, 2.45) is 5.92 Å². The van der Waals surface area contributed by atoms with Gasteiger partial charge in [-0.2, -0.15) is 0 Å². The predicted molar refractivity (Wildman–Crippen MR) is 141 cm³/mol. The Kier molecular flexibility index (Phi) is 7.77. The highest BCUT2D eigenvalue weighted by Crippen LogP contribution is 2.30. The number of likely N-dealkylation sites (tertiary alicyclic amines) is 1. The molecule has 183 valence electrons. The SMILES string of the molecule is Cc1ccc(-c2ncccn2)c(C(=O)N2CC(C)CCC2CO[Si](c2ccccc2)C(C)(C)C)n1. The van der Waals surface area contributed by atoms with Gasteiger partial charge in [-0.3, -0.25) is 4.79 Å². The Labute approximate surface area is 210 Å². The average Bonchev–Trinajstić information content (AvgIpc) is 2.85. The van der Waals surface area contributed by atoms with Crippen molar-refractivity contribution >= 4 is 20.1 Å². The molecule has 0 saturated carbocycles. The molecular weight excluding hydrogens is 452 g/mol.